The van der Waals surface area contributed by atoms with E-state index >= 15 is 0 Å². The lowest BCUT2D eigenvalue weighted by Crippen LogP contribution is -2.43. The molecule has 2 amide bonds. The third kappa shape index (κ3) is 3.59. The van der Waals surface area contributed by atoms with Crippen LogP contribution in [0.5, 0.6) is 5.75 Å². The summed E-state index contributed by atoms with van der Waals surface area (Å²) in [5, 5.41) is 0. The molecule has 0 aromatic heterocycles. The van der Waals surface area contributed by atoms with Crippen molar-refractivity contribution in [2.45, 2.75) is 19.8 Å². The fraction of sp³-hybridized carbons (Fsp3) is 0.556. The lowest BCUT2D eigenvalue weighted by molar-refractivity contribution is -0.143. The molecule has 0 N–H and O–H groups in total. The minimum absolute atomic E-state index is 0.0175. The molecule has 5 nitrogen and oxygen atoms in total. The molecule has 2 saturated heterocycles. The van der Waals surface area contributed by atoms with Crippen LogP contribution in [0.15, 0.2) is 24.3 Å². The molecule has 2 aliphatic heterocycles. The summed E-state index contributed by atoms with van der Waals surface area (Å²) in [6, 6.07) is 7.92. The molecular formula is C18H24N2O3S. The highest BCUT2D eigenvalue weighted by Gasteiger charge is 2.53. The number of hydrogen-bond acceptors (Lipinski definition) is 5. The quantitative estimate of drug-likeness (QED) is 0.737. The van der Waals surface area contributed by atoms with Crippen LogP contribution < -0.4 is 4.74 Å². The van der Waals surface area contributed by atoms with Gasteiger partial charge in [0.05, 0.1) is 12.1 Å². The molecule has 0 saturated carbocycles. The Bertz CT molecular complexity index is 628. The van der Waals surface area contributed by atoms with Crippen molar-refractivity contribution in [3.63, 3.8) is 0 Å². The van der Waals surface area contributed by atoms with Crippen molar-refractivity contribution in [1.29, 1.82) is 0 Å². The zero-order valence-corrected chi connectivity index (χ0v) is 15.1. The molecule has 130 valence electrons. The molecule has 0 aliphatic carbocycles. The molecule has 2 heterocycles. The number of hydrogen-bond donors (Lipinski definition) is 0. The Morgan fingerprint density at radius 1 is 1.38 bits per heavy atom. The van der Waals surface area contributed by atoms with Gasteiger partial charge in [-0.3, -0.25) is 19.4 Å². The first-order valence-corrected chi connectivity index (χ1v) is 9.46. The van der Waals surface area contributed by atoms with Crippen LogP contribution in [-0.4, -0.2) is 60.0 Å². The summed E-state index contributed by atoms with van der Waals surface area (Å²) in [5.74, 6) is 2.60. The van der Waals surface area contributed by atoms with E-state index in [4.69, 9.17) is 4.74 Å². The van der Waals surface area contributed by atoms with Crippen LogP contribution in [0, 0.1) is 12.3 Å². The molecule has 0 bridgehead atoms. The second kappa shape index (κ2) is 7.15. The molecule has 6 heteroatoms. The van der Waals surface area contributed by atoms with E-state index in [0.717, 1.165) is 29.2 Å². The average molecular weight is 348 g/mol. The lowest BCUT2D eigenvalue weighted by atomic mass is 9.86. The van der Waals surface area contributed by atoms with E-state index in [9.17, 15) is 9.59 Å². The van der Waals surface area contributed by atoms with Crippen LogP contribution in [0.3, 0.4) is 0 Å². The summed E-state index contributed by atoms with van der Waals surface area (Å²) in [6.07, 6.45) is 1.21. The van der Waals surface area contributed by atoms with Crippen molar-refractivity contribution in [2.75, 3.05) is 38.4 Å². The fourth-order valence-corrected chi connectivity index (χ4v) is 4.70. The van der Waals surface area contributed by atoms with Crippen molar-refractivity contribution in [2.24, 2.45) is 5.41 Å². The van der Waals surface area contributed by atoms with Gasteiger partial charge in [0, 0.05) is 18.7 Å². The van der Waals surface area contributed by atoms with E-state index in [-0.39, 0.29) is 11.8 Å². The smallest absolute Gasteiger partial charge is 0.237 e. The number of carbonyl (C=O) groups excluding carboxylic acids is 2. The van der Waals surface area contributed by atoms with E-state index in [1.54, 1.807) is 11.8 Å². The van der Waals surface area contributed by atoms with Crippen molar-refractivity contribution in [3.05, 3.63) is 29.8 Å². The van der Waals surface area contributed by atoms with E-state index in [1.165, 1.54) is 4.90 Å². The first-order chi connectivity index (χ1) is 11.5. The van der Waals surface area contributed by atoms with Crippen molar-refractivity contribution in [3.8, 4) is 5.75 Å². The molecular weight excluding hydrogens is 324 g/mol. The van der Waals surface area contributed by atoms with Gasteiger partial charge in [-0.1, -0.05) is 12.1 Å². The summed E-state index contributed by atoms with van der Waals surface area (Å²) >= 11 is 1.78. The number of likely N-dealkylation sites (N-methyl/N-ethyl adjacent to an activating group) is 1. The minimum atomic E-state index is -0.416. The van der Waals surface area contributed by atoms with Gasteiger partial charge in [0.15, 0.2) is 0 Å². The molecule has 0 unspecified atom stereocenters. The molecule has 2 fully saturated rings. The average Bonchev–Trinajstić information content (AvgIpc) is 3.09. The Morgan fingerprint density at radius 2 is 2.21 bits per heavy atom. The largest absolute Gasteiger partial charge is 0.492 e. The van der Waals surface area contributed by atoms with Gasteiger partial charge in [-0.05, 0) is 43.8 Å². The second-order valence-electron chi connectivity index (χ2n) is 6.77. The summed E-state index contributed by atoms with van der Waals surface area (Å²) in [4.78, 5) is 28.3. The lowest BCUT2D eigenvalue weighted by Gasteiger charge is -2.25. The van der Waals surface area contributed by atoms with E-state index in [2.05, 4.69) is 0 Å². The van der Waals surface area contributed by atoms with Gasteiger partial charge in [0.1, 0.15) is 12.4 Å². The highest BCUT2D eigenvalue weighted by Crippen LogP contribution is 2.44. The topological polar surface area (TPSA) is 49.9 Å². The maximum Gasteiger partial charge on any atom is 0.237 e. The molecule has 24 heavy (non-hydrogen) atoms. The number of rotatable bonds is 6. The van der Waals surface area contributed by atoms with Crippen LogP contribution in [-0.2, 0) is 9.59 Å². The number of imide groups is 1. The van der Waals surface area contributed by atoms with E-state index < -0.39 is 5.41 Å². The Labute approximate surface area is 147 Å². The molecule has 1 spiro atoms. The minimum Gasteiger partial charge on any atom is -0.492 e. The maximum absolute atomic E-state index is 12.6. The number of likely N-dealkylation sites (tertiary alicyclic amines) is 1. The molecule has 2 aliphatic rings. The number of aryl methyl sites for hydroxylation is 1. The predicted octanol–water partition coefficient (Wildman–Crippen LogP) is 2.15. The van der Waals surface area contributed by atoms with Crippen molar-refractivity contribution in [1.82, 2.24) is 9.80 Å². The molecule has 0 radical (unpaired) electrons. The number of carbonyl (C=O) groups is 2. The van der Waals surface area contributed by atoms with Crippen LogP contribution in [0.4, 0.5) is 0 Å². The highest BCUT2D eigenvalue weighted by molar-refractivity contribution is 7.99. The standard InChI is InChI=1S/C18H24N2O3S/c1-14-4-3-5-15(10-14)23-8-7-19(2)13-20-16(21)11-18(17(20)22)6-9-24-12-18/h3-5,10H,6-9,11-13H2,1-2H3/t18-/m1/s1. The summed E-state index contributed by atoms with van der Waals surface area (Å²) in [7, 11) is 1.91. The Kier molecular flexibility index (Phi) is 5.15. The summed E-state index contributed by atoms with van der Waals surface area (Å²) in [6.45, 7) is 3.56. The van der Waals surface area contributed by atoms with Gasteiger partial charge >= 0.3 is 0 Å². The predicted molar refractivity (Wildman–Crippen MR) is 95.0 cm³/mol. The van der Waals surface area contributed by atoms with Gasteiger partial charge in [-0.15, -0.1) is 0 Å². The monoisotopic (exact) mass is 348 g/mol. The van der Waals surface area contributed by atoms with E-state index in [1.807, 2.05) is 43.1 Å². The van der Waals surface area contributed by atoms with Crippen LogP contribution in [0.2, 0.25) is 0 Å². The van der Waals surface area contributed by atoms with Crippen LogP contribution in [0.25, 0.3) is 0 Å². The zero-order valence-electron chi connectivity index (χ0n) is 14.3. The van der Waals surface area contributed by atoms with Gasteiger partial charge in [0.25, 0.3) is 0 Å². The van der Waals surface area contributed by atoms with Crippen molar-refractivity contribution >= 4 is 23.6 Å². The van der Waals surface area contributed by atoms with Gasteiger partial charge < -0.3 is 4.74 Å². The van der Waals surface area contributed by atoms with Gasteiger partial charge in [-0.2, -0.15) is 11.8 Å². The molecule has 1 aromatic rings. The molecule has 1 aromatic carbocycles. The third-order valence-corrected chi connectivity index (χ3v) is 5.96. The summed E-state index contributed by atoms with van der Waals surface area (Å²) < 4.78 is 5.74. The maximum atomic E-state index is 12.6. The Hall–Kier alpha value is -1.53. The summed E-state index contributed by atoms with van der Waals surface area (Å²) in [5.41, 5.74) is 0.745. The van der Waals surface area contributed by atoms with E-state index in [0.29, 0.717) is 26.2 Å². The molecule has 1 atom stereocenters. The van der Waals surface area contributed by atoms with Crippen LogP contribution >= 0.6 is 11.8 Å². The SMILES string of the molecule is Cc1cccc(OCCN(C)CN2C(=O)C[C@@]3(CCSC3)C2=O)c1. The first kappa shape index (κ1) is 17.3. The number of nitrogens with zero attached hydrogens (tertiary/aromatic N) is 2. The first-order valence-electron chi connectivity index (χ1n) is 8.31. The second-order valence-corrected chi connectivity index (χ2v) is 7.88. The Morgan fingerprint density at radius 3 is 2.92 bits per heavy atom. The normalized spacial score (nSPS) is 23.7. The highest BCUT2D eigenvalue weighted by atomic mass is 32.2. The molecule has 3 rings (SSSR count). The van der Waals surface area contributed by atoms with Crippen molar-refractivity contribution < 1.29 is 14.3 Å². The number of thioether (sulfide) groups is 1. The van der Waals surface area contributed by atoms with Gasteiger partial charge in [0.2, 0.25) is 11.8 Å². The third-order valence-electron chi connectivity index (χ3n) is 4.71. The number of benzene rings is 1. The number of amides is 2. The van der Waals surface area contributed by atoms with Gasteiger partial charge in [-0.25, -0.2) is 0 Å². The van der Waals surface area contributed by atoms with Crippen LogP contribution in [0.1, 0.15) is 18.4 Å². The fourth-order valence-electron chi connectivity index (χ4n) is 3.26. The Balaban J connectivity index is 1.49. The zero-order chi connectivity index (χ0) is 17.2. The number of ether oxygens (including phenoxy) is 1.